The number of primary amides is 1. The fraction of sp³-hybridized carbons (Fsp3) is 0.174. The average Bonchev–Trinajstić information content (AvgIpc) is 3.07. The molecule has 0 aliphatic carbocycles. The SMILES string of the molecule is CSC1(C=O)SC(=N)C(c2ccccc2)C1(O)c1nc(C(N)=O)cc(-c2ccccc2)n1. The maximum Gasteiger partial charge on any atom is 0.267 e. The summed E-state index contributed by atoms with van der Waals surface area (Å²) in [5.41, 5.74) is 5.17. The van der Waals surface area contributed by atoms with E-state index in [4.69, 9.17) is 11.1 Å². The van der Waals surface area contributed by atoms with E-state index in [1.54, 1.807) is 30.5 Å². The normalized spacial score (nSPS) is 24.9. The third kappa shape index (κ3) is 3.42. The maximum absolute atomic E-state index is 12.4. The largest absolute Gasteiger partial charge is 0.378 e. The number of aldehydes is 1. The zero-order chi connectivity index (χ0) is 22.9. The van der Waals surface area contributed by atoms with Crippen LogP contribution in [-0.2, 0) is 10.4 Å². The van der Waals surface area contributed by atoms with Gasteiger partial charge in [-0.1, -0.05) is 72.4 Å². The fourth-order valence-electron chi connectivity index (χ4n) is 3.87. The van der Waals surface area contributed by atoms with Gasteiger partial charge in [0.15, 0.2) is 15.5 Å². The van der Waals surface area contributed by atoms with E-state index < -0.39 is 21.5 Å². The molecule has 4 rings (SSSR count). The van der Waals surface area contributed by atoms with Crippen LogP contribution in [0.1, 0.15) is 27.8 Å². The van der Waals surface area contributed by atoms with Crippen molar-refractivity contribution in [3.05, 3.63) is 83.8 Å². The van der Waals surface area contributed by atoms with Gasteiger partial charge < -0.3 is 15.6 Å². The molecule has 2 aromatic carbocycles. The van der Waals surface area contributed by atoms with Gasteiger partial charge in [-0.25, -0.2) is 9.97 Å². The molecule has 4 N–H and O–H groups in total. The monoisotopic (exact) mass is 464 g/mol. The Hall–Kier alpha value is -3.01. The van der Waals surface area contributed by atoms with E-state index in [1.165, 1.54) is 6.07 Å². The standard InChI is InChI=1S/C23H20N4O3S2/c1-31-22(13-28)23(30,18(20(25)32-22)15-10-6-3-7-11-15)21-26-16(12-17(27-21)19(24)29)14-8-4-2-5-9-14/h2-13,18,25,30H,1H3,(H2,24,29). The Bertz CT molecular complexity index is 1190. The Morgan fingerprint density at radius 2 is 1.78 bits per heavy atom. The molecule has 1 aromatic heterocycles. The summed E-state index contributed by atoms with van der Waals surface area (Å²) in [6, 6.07) is 19.5. The first-order valence-electron chi connectivity index (χ1n) is 9.67. The van der Waals surface area contributed by atoms with Crippen LogP contribution >= 0.6 is 23.5 Å². The van der Waals surface area contributed by atoms with Gasteiger partial charge in [0.2, 0.25) is 0 Å². The van der Waals surface area contributed by atoms with E-state index in [0.717, 1.165) is 23.5 Å². The molecular formula is C23H20N4O3S2. The number of nitrogens with zero attached hydrogens (tertiary/aromatic N) is 2. The Morgan fingerprint density at radius 3 is 2.34 bits per heavy atom. The number of aromatic nitrogens is 2. The summed E-state index contributed by atoms with van der Waals surface area (Å²) in [5, 5.41) is 21.0. The number of nitrogens with two attached hydrogens (primary N) is 1. The van der Waals surface area contributed by atoms with Gasteiger partial charge >= 0.3 is 0 Å². The fourth-order valence-corrected chi connectivity index (χ4v) is 6.26. The van der Waals surface area contributed by atoms with Crippen LogP contribution in [0, 0.1) is 5.41 Å². The minimum Gasteiger partial charge on any atom is -0.378 e. The highest BCUT2D eigenvalue weighted by Crippen LogP contribution is 2.62. The molecule has 1 aliphatic heterocycles. The van der Waals surface area contributed by atoms with E-state index in [2.05, 4.69) is 9.97 Å². The topological polar surface area (TPSA) is 130 Å². The molecule has 0 spiro atoms. The Kier molecular flexibility index (Phi) is 5.89. The first-order valence-corrected chi connectivity index (χ1v) is 11.7. The van der Waals surface area contributed by atoms with Crippen LogP contribution < -0.4 is 5.73 Å². The van der Waals surface area contributed by atoms with Crippen LogP contribution in [0.15, 0.2) is 66.7 Å². The summed E-state index contributed by atoms with van der Waals surface area (Å²) in [7, 11) is 0. The van der Waals surface area contributed by atoms with Crippen molar-refractivity contribution in [1.82, 2.24) is 9.97 Å². The molecule has 3 atom stereocenters. The van der Waals surface area contributed by atoms with Crippen molar-refractivity contribution in [3.8, 4) is 11.3 Å². The van der Waals surface area contributed by atoms with Gasteiger partial charge in [-0.15, -0.1) is 11.8 Å². The zero-order valence-electron chi connectivity index (χ0n) is 17.1. The van der Waals surface area contributed by atoms with Gasteiger partial charge in [-0.2, -0.15) is 0 Å². The molecule has 0 radical (unpaired) electrons. The van der Waals surface area contributed by atoms with Crippen molar-refractivity contribution in [2.24, 2.45) is 5.73 Å². The van der Waals surface area contributed by atoms with Crippen molar-refractivity contribution < 1.29 is 14.7 Å². The molecule has 3 aromatic rings. The minimum atomic E-state index is -2.01. The second kappa shape index (κ2) is 8.50. The van der Waals surface area contributed by atoms with Crippen molar-refractivity contribution in [1.29, 1.82) is 5.41 Å². The highest BCUT2D eigenvalue weighted by atomic mass is 32.2. The lowest BCUT2D eigenvalue weighted by molar-refractivity contribution is -0.113. The highest BCUT2D eigenvalue weighted by molar-refractivity contribution is 8.27. The molecule has 32 heavy (non-hydrogen) atoms. The number of aliphatic hydroxyl groups is 1. The molecule has 1 fully saturated rings. The predicted octanol–water partition coefficient (Wildman–Crippen LogP) is 3.20. The van der Waals surface area contributed by atoms with Crippen molar-refractivity contribution in [2.75, 3.05) is 6.26 Å². The number of hydrogen-bond donors (Lipinski definition) is 3. The number of carbonyl (C=O) groups excluding carboxylic acids is 2. The summed E-state index contributed by atoms with van der Waals surface area (Å²) >= 11 is 2.07. The number of hydrogen-bond acceptors (Lipinski definition) is 8. The Balaban J connectivity index is 2.02. The molecule has 1 saturated heterocycles. The predicted molar refractivity (Wildman–Crippen MR) is 127 cm³/mol. The van der Waals surface area contributed by atoms with Crippen LogP contribution in [0.4, 0.5) is 0 Å². The lowest BCUT2D eigenvalue weighted by atomic mass is 9.79. The summed E-state index contributed by atoms with van der Waals surface area (Å²) in [6.07, 6.45) is 2.31. The van der Waals surface area contributed by atoms with E-state index in [9.17, 15) is 14.7 Å². The van der Waals surface area contributed by atoms with E-state index in [0.29, 0.717) is 23.1 Å². The number of thioether (sulfide) groups is 2. The van der Waals surface area contributed by atoms with Crippen molar-refractivity contribution in [2.45, 2.75) is 15.6 Å². The number of rotatable bonds is 6. The summed E-state index contributed by atoms with van der Waals surface area (Å²) in [4.78, 5) is 33.4. The average molecular weight is 465 g/mol. The summed E-state index contributed by atoms with van der Waals surface area (Å²) in [6.45, 7) is 0. The molecule has 3 unspecified atom stereocenters. The molecule has 7 nitrogen and oxygen atoms in total. The Labute approximate surface area is 193 Å². The van der Waals surface area contributed by atoms with Gasteiger partial charge in [-0.05, 0) is 17.9 Å². The first kappa shape index (κ1) is 22.2. The third-order valence-corrected chi connectivity index (χ3v) is 8.38. The summed E-state index contributed by atoms with van der Waals surface area (Å²) in [5.74, 6) is -1.82. The number of benzene rings is 2. The van der Waals surface area contributed by atoms with Crippen molar-refractivity contribution in [3.63, 3.8) is 0 Å². The number of amides is 1. The quantitative estimate of drug-likeness (QED) is 0.478. The molecule has 9 heteroatoms. The number of nitrogens with one attached hydrogen (secondary N) is 1. The maximum atomic E-state index is 12.4. The molecule has 162 valence electrons. The smallest absolute Gasteiger partial charge is 0.267 e. The first-order chi connectivity index (χ1) is 15.4. The lowest BCUT2D eigenvalue weighted by Crippen LogP contribution is -2.49. The van der Waals surface area contributed by atoms with Gasteiger partial charge in [-0.3, -0.25) is 10.2 Å². The van der Waals surface area contributed by atoms with Crippen LogP contribution in [0.2, 0.25) is 0 Å². The molecule has 1 amide bonds. The van der Waals surface area contributed by atoms with Crippen LogP contribution in [0.5, 0.6) is 0 Å². The van der Waals surface area contributed by atoms with E-state index in [1.807, 2.05) is 36.4 Å². The lowest BCUT2D eigenvalue weighted by Gasteiger charge is -2.37. The Morgan fingerprint density at radius 1 is 1.16 bits per heavy atom. The third-order valence-electron chi connectivity index (χ3n) is 5.45. The zero-order valence-corrected chi connectivity index (χ0v) is 18.7. The van der Waals surface area contributed by atoms with Gasteiger partial charge in [0.25, 0.3) is 5.91 Å². The number of carbonyl (C=O) groups is 2. The molecule has 0 bridgehead atoms. The second-order valence-corrected chi connectivity index (χ2v) is 9.86. The molecule has 0 saturated carbocycles. The minimum absolute atomic E-state index is 0.0848. The van der Waals surface area contributed by atoms with E-state index >= 15 is 0 Å². The molecule has 1 aliphatic rings. The molecule has 2 heterocycles. The van der Waals surface area contributed by atoms with Crippen molar-refractivity contribution >= 4 is 40.8 Å². The van der Waals surface area contributed by atoms with Crippen LogP contribution in [0.25, 0.3) is 11.3 Å². The molecular weight excluding hydrogens is 444 g/mol. The van der Waals surface area contributed by atoms with Gasteiger partial charge in [0.1, 0.15) is 12.0 Å². The van der Waals surface area contributed by atoms with Gasteiger partial charge in [0, 0.05) is 5.56 Å². The van der Waals surface area contributed by atoms with Gasteiger partial charge in [0.05, 0.1) is 16.7 Å². The van der Waals surface area contributed by atoms with Crippen LogP contribution in [0.3, 0.4) is 0 Å². The van der Waals surface area contributed by atoms with E-state index in [-0.39, 0.29) is 16.6 Å². The highest BCUT2D eigenvalue weighted by Gasteiger charge is 2.66. The van der Waals surface area contributed by atoms with Crippen LogP contribution in [-0.4, -0.2) is 42.6 Å². The summed E-state index contributed by atoms with van der Waals surface area (Å²) < 4.78 is -1.49. The second-order valence-electron chi connectivity index (χ2n) is 7.26.